The third kappa shape index (κ3) is 3.36. The van der Waals surface area contributed by atoms with E-state index in [9.17, 15) is 4.79 Å². The summed E-state index contributed by atoms with van der Waals surface area (Å²) in [5, 5.41) is 14.0. The molecule has 3 aromatic rings. The van der Waals surface area contributed by atoms with Gasteiger partial charge in [-0.2, -0.15) is 10.2 Å². The van der Waals surface area contributed by atoms with Gasteiger partial charge in [0.15, 0.2) is 0 Å². The smallest absolute Gasteiger partial charge is 0.251 e. The summed E-state index contributed by atoms with van der Waals surface area (Å²) < 4.78 is 6.95. The van der Waals surface area contributed by atoms with Crippen LogP contribution in [0, 0.1) is 0 Å². The van der Waals surface area contributed by atoms with E-state index < -0.39 is 0 Å². The fourth-order valence-corrected chi connectivity index (χ4v) is 2.55. The van der Waals surface area contributed by atoms with Crippen LogP contribution >= 0.6 is 0 Å². The van der Waals surface area contributed by atoms with Gasteiger partial charge in [0.1, 0.15) is 0 Å². The second-order valence-electron chi connectivity index (χ2n) is 5.41. The Morgan fingerprint density at radius 3 is 2.62 bits per heavy atom. The number of aromatic amines is 1. The van der Waals surface area contributed by atoms with Gasteiger partial charge in [-0.05, 0) is 29.8 Å². The lowest BCUT2D eigenvalue weighted by Gasteiger charge is -2.18. The van der Waals surface area contributed by atoms with E-state index in [-0.39, 0.29) is 11.9 Å². The molecule has 3 rings (SSSR count). The summed E-state index contributed by atoms with van der Waals surface area (Å²) in [7, 11) is 3.44. The van der Waals surface area contributed by atoms with Crippen LogP contribution in [0.2, 0.25) is 0 Å². The number of benzene rings is 1. The molecule has 0 aliphatic rings. The largest absolute Gasteiger partial charge is 0.382 e. The van der Waals surface area contributed by atoms with Crippen molar-refractivity contribution in [2.24, 2.45) is 7.05 Å². The monoisotopic (exact) mass is 325 g/mol. The van der Waals surface area contributed by atoms with Crippen molar-refractivity contribution >= 4 is 5.91 Å². The fraction of sp³-hybridized carbons (Fsp3) is 0.235. The number of nitrogens with zero attached hydrogens (tertiary/aromatic N) is 3. The molecular formula is C17H19N5O2. The average Bonchev–Trinajstić information content (AvgIpc) is 3.26. The number of aromatic nitrogens is 4. The lowest BCUT2D eigenvalue weighted by atomic mass is 10.1. The van der Waals surface area contributed by atoms with E-state index in [0.717, 1.165) is 17.0 Å². The molecule has 0 fully saturated rings. The molecule has 0 unspecified atom stereocenters. The molecule has 0 radical (unpaired) electrons. The van der Waals surface area contributed by atoms with E-state index in [1.807, 2.05) is 31.3 Å². The van der Waals surface area contributed by atoms with Gasteiger partial charge in [-0.25, -0.2) is 0 Å². The molecule has 0 saturated heterocycles. The normalized spacial score (nSPS) is 12.1. The summed E-state index contributed by atoms with van der Waals surface area (Å²) in [4.78, 5) is 12.5. The first-order valence-corrected chi connectivity index (χ1v) is 7.56. The quantitative estimate of drug-likeness (QED) is 0.725. The first-order valence-electron chi connectivity index (χ1n) is 7.56. The van der Waals surface area contributed by atoms with Gasteiger partial charge in [-0.3, -0.25) is 14.6 Å². The van der Waals surface area contributed by atoms with E-state index in [0.29, 0.717) is 12.2 Å². The molecule has 24 heavy (non-hydrogen) atoms. The molecule has 0 bridgehead atoms. The number of carbonyl (C=O) groups excluding carboxylic acids is 1. The first-order chi connectivity index (χ1) is 11.7. The second kappa shape index (κ2) is 7.10. The van der Waals surface area contributed by atoms with Crippen LogP contribution in [0.5, 0.6) is 0 Å². The maximum absolute atomic E-state index is 12.5. The topological polar surface area (TPSA) is 84.8 Å². The van der Waals surface area contributed by atoms with Crippen LogP contribution in [0.1, 0.15) is 22.1 Å². The van der Waals surface area contributed by atoms with Crippen molar-refractivity contribution in [1.29, 1.82) is 0 Å². The highest BCUT2D eigenvalue weighted by atomic mass is 16.5. The molecule has 1 atom stereocenters. The molecule has 2 aromatic heterocycles. The predicted molar refractivity (Wildman–Crippen MR) is 89.3 cm³/mol. The van der Waals surface area contributed by atoms with Gasteiger partial charge in [-0.1, -0.05) is 12.1 Å². The van der Waals surface area contributed by atoms with Crippen LogP contribution in [0.4, 0.5) is 0 Å². The Bertz CT molecular complexity index is 793. The van der Waals surface area contributed by atoms with Crippen molar-refractivity contribution in [3.8, 4) is 11.3 Å². The minimum absolute atomic E-state index is 0.158. The predicted octanol–water partition coefficient (Wildman–Crippen LogP) is 1.93. The molecule has 0 aliphatic heterocycles. The Balaban J connectivity index is 1.74. The summed E-state index contributed by atoms with van der Waals surface area (Å²) in [6.07, 6.45) is 3.39. The highest BCUT2D eigenvalue weighted by Crippen LogP contribution is 2.18. The van der Waals surface area contributed by atoms with Gasteiger partial charge in [0.2, 0.25) is 0 Å². The lowest BCUT2D eigenvalue weighted by molar-refractivity contribution is 0.0892. The highest BCUT2D eigenvalue weighted by Gasteiger charge is 2.18. The number of aryl methyl sites for hydroxylation is 1. The second-order valence-corrected chi connectivity index (χ2v) is 5.41. The molecule has 7 nitrogen and oxygen atoms in total. The molecule has 2 heterocycles. The zero-order valence-corrected chi connectivity index (χ0v) is 13.6. The van der Waals surface area contributed by atoms with Crippen LogP contribution in [-0.2, 0) is 11.8 Å². The van der Waals surface area contributed by atoms with Gasteiger partial charge in [0.05, 0.1) is 24.0 Å². The van der Waals surface area contributed by atoms with Gasteiger partial charge in [0.25, 0.3) is 5.91 Å². The number of nitrogens with one attached hydrogen (secondary N) is 2. The number of methoxy groups -OCH3 is 1. The SMILES string of the molecule is COC[C@@H](NC(=O)c1ccc(-c2ccn[nH]2)cc1)c1ccnn1C. The standard InChI is InChI=1S/C17H19N5O2/c1-22-16(8-10-19-22)15(11-24-2)20-17(23)13-5-3-12(4-6-13)14-7-9-18-21-14/h3-10,15H,11H2,1-2H3,(H,18,21)(H,20,23)/t15-/m1/s1. The maximum atomic E-state index is 12.5. The average molecular weight is 325 g/mol. The first kappa shape index (κ1) is 15.9. The van der Waals surface area contributed by atoms with Crippen molar-refractivity contribution in [2.75, 3.05) is 13.7 Å². The minimum atomic E-state index is -0.262. The summed E-state index contributed by atoms with van der Waals surface area (Å²) in [6.45, 7) is 0.373. The molecule has 124 valence electrons. The van der Waals surface area contributed by atoms with E-state index >= 15 is 0 Å². The van der Waals surface area contributed by atoms with Gasteiger partial charge in [0, 0.05) is 32.1 Å². The van der Waals surface area contributed by atoms with E-state index in [2.05, 4.69) is 20.6 Å². The Labute approximate surface area is 139 Å². The molecule has 1 amide bonds. The Hall–Kier alpha value is -2.93. The van der Waals surface area contributed by atoms with Gasteiger partial charge >= 0.3 is 0 Å². The van der Waals surface area contributed by atoms with Crippen LogP contribution < -0.4 is 5.32 Å². The zero-order chi connectivity index (χ0) is 16.9. The highest BCUT2D eigenvalue weighted by molar-refractivity contribution is 5.94. The Morgan fingerprint density at radius 2 is 2.04 bits per heavy atom. The summed E-state index contributed by atoms with van der Waals surface area (Å²) in [6, 6.07) is 10.8. The van der Waals surface area contributed by atoms with Gasteiger partial charge < -0.3 is 10.1 Å². The minimum Gasteiger partial charge on any atom is -0.382 e. The maximum Gasteiger partial charge on any atom is 0.251 e. The molecular weight excluding hydrogens is 306 g/mol. The Morgan fingerprint density at radius 1 is 1.25 bits per heavy atom. The molecule has 2 N–H and O–H groups in total. The van der Waals surface area contributed by atoms with Crippen molar-refractivity contribution in [2.45, 2.75) is 6.04 Å². The van der Waals surface area contributed by atoms with Crippen molar-refractivity contribution < 1.29 is 9.53 Å². The number of H-pyrrole nitrogens is 1. The van der Waals surface area contributed by atoms with E-state index in [4.69, 9.17) is 4.74 Å². The van der Waals surface area contributed by atoms with Crippen LogP contribution in [0.25, 0.3) is 11.3 Å². The van der Waals surface area contributed by atoms with E-state index in [1.54, 1.807) is 36.3 Å². The number of hydrogen-bond donors (Lipinski definition) is 2. The number of ether oxygens (including phenoxy) is 1. The van der Waals surface area contributed by atoms with Crippen molar-refractivity contribution in [3.05, 3.63) is 60.0 Å². The third-order valence-corrected chi connectivity index (χ3v) is 3.81. The molecule has 1 aromatic carbocycles. The number of hydrogen-bond acceptors (Lipinski definition) is 4. The third-order valence-electron chi connectivity index (χ3n) is 3.81. The van der Waals surface area contributed by atoms with Crippen molar-refractivity contribution in [3.63, 3.8) is 0 Å². The van der Waals surface area contributed by atoms with E-state index in [1.165, 1.54) is 0 Å². The number of amides is 1. The summed E-state index contributed by atoms with van der Waals surface area (Å²) in [5.74, 6) is -0.158. The molecule has 0 aliphatic carbocycles. The summed E-state index contributed by atoms with van der Waals surface area (Å²) in [5.41, 5.74) is 3.36. The Kier molecular flexibility index (Phi) is 4.72. The molecule has 0 spiro atoms. The lowest BCUT2D eigenvalue weighted by Crippen LogP contribution is -2.32. The molecule has 0 saturated carbocycles. The fourth-order valence-electron chi connectivity index (χ4n) is 2.55. The summed E-state index contributed by atoms with van der Waals surface area (Å²) >= 11 is 0. The zero-order valence-electron chi connectivity index (χ0n) is 13.6. The number of rotatable bonds is 6. The number of carbonyl (C=O) groups is 1. The van der Waals surface area contributed by atoms with Gasteiger partial charge in [-0.15, -0.1) is 0 Å². The van der Waals surface area contributed by atoms with Crippen LogP contribution in [-0.4, -0.2) is 39.6 Å². The van der Waals surface area contributed by atoms with Crippen LogP contribution in [0.15, 0.2) is 48.8 Å². The molecule has 7 heteroatoms. The van der Waals surface area contributed by atoms with Crippen molar-refractivity contribution in [1.82, 2.24) is 25.3 Å². The van der Waals surface area contributed by atoms with Crippen LogP contribution in [0.3, 0.4) is 0 Å².